The molecule has 0 radical (unpaired) electrons. The monoisotopic (exact) mass is 368 g/mol. The van der Waals surface area contributed by atoms with Gasteiger partial charge in [-0.3, -0.25) is 4.99 Å². The number of aliphatic imine (C=N–C) groups is 1. The van der Waals surface area contributed by atoms with Gasteiger partial charge in [-0.1, -0.05) is 6.07 Å². The number of nitrogens with one attached hydrogen (secondary N) is 1. The molecule has 144 valence electrons. The molecule has 0 atom stereocenters. The van der Waals surface area contributed by atoms with Gasteiger partial charge in [0.1, 0.15) is 5.84 Å². The molecule has 0 amide bonds. The minimum atomic E-state index is -4.23. The lowest BCUT2D eigenvalue weighted by Crippen LogP contribution is -2.47. The Bertz CT molecular complexity index is 653. The smallest absolute Gasteiger partial charge is 0.393 e. The molecule has 1 aromatic rings. The van der Waals surface area contributed by atoms with Gasteiger partial charge in [0.15, 0.2) is 0 Å². The zero-order chi connectivity index (χ0) is 18.8. The van der Waals surface area contributed by atoms with Crippen molar-refractivity contribution in [2.24, 2.45) is 10.4 Å². The topological polar surface area (TPSA) is 53.6 Å². The van der Waals surface area contributed by atoms with Gasteiger partial charge in [0.2, 0.25) is 0 Å². The van der Waals surface area contributed by atoms with Crippen LogP contribution in [-0.4, -0.2) is 50.1 Å². The van der Waals surface area contributed by atoms with Crippen molar-refractivity contribution >= 4 is 11.5 Å². The Labute approximate surface area is 152 Å². The van der Waals surface area contributed by atoms with Crippen molar-refractivity contribution in [3.63, 3.8) is 0 Å². The predicted octanol–water partition coefficient (Wildman–Crippen LogP) is 3.22. The van der Waals surface area contributed by atoms with Gasteiger partial charge in [-0.05, 0) is 61.9 Å². The van der Waals surface area contributed by atoms with Crippen molar-refractivity contribution in [2.45, 2.75) is 38.3 Å². The Kier molecular flexibility index (Phi) is 5.46. The van der Waals surface area contributed by atoms with E-state index < -0.39 is 12.6 Å². The fourth-order valence-electron chi connectivity index (χ4n) is 4.22. The maximum absolute atomic E-state index is 12.7. The summed E-state index contributed by atoms with van der Waals surface area (Å²) in [5.41, 5.74) is 7.78. The Morgan fingerprint density at radius 3 is 2.42 bits per heavy atom. The standard InChI is InChI=1S/C19H27F3N4/c1-24-17(15-12-14(2-3-16(15)23)13-19(20,21)22)26-10-6-18(7-11-26)4-8-25-9-5-18/h2-3,12,25H,4-11,13,23H2,1H3. The van der Waals surface area contributed by atoms with Crippen LogP contribution in [-0.2, 0) is 6.42 Å². The van der Waals surface area contributed by atoms with E-state index in [2.05, 4.69) is 15.2 Å². The normalized spacial score (nSPS) is 21.2. The molecule has 2 aliphatic heterocycles. The number of likely N-dealkylation sites (tertiary alicyclic amines) is 1. The summed E-state index contributed by atoms with van der Waals surface area (Å²) in [5, 5.41) is 3.41. The second-order valence-corrected chi connectivity index (χ2v) is 7.50. The van der Waals surface area contributed by atoms with E-state index in [1.54, 1.807) is 19.2 Å². The molecule has 0 aromatic heterocycles. The highest BCUT2D eigenvalue weighted by Gasteiger charge is 2.36. The van der Waals surface area contributed by atoms with Crippen LogP contribution in [0.15, 0.2) is 23.2 Å². The molecule has 0 unspecified atom stereocenters. The van der Waals surface area contributed by atoms with Gasteiger partial charge in [-0.2, -0.15) is 13.2 Å². The van der Waals surface area contributed by atoms with Crippen LogP contribution < -0.4 is 11.1 Å². The van der Waals surface area contributed by atoms with Crippen molar-refractivity contribution in [1.82, 2.24) is 10.2 Å². The van der Waals surface area contributed by atoms with E-state index in [0.717, 1.165) is 39.0 Å². The van der Waals surface area contributed by atoms with Crippen LogP contribution in [0.5, 0.6) is 0 Å². The van der Waals surface area contributed by atoms with E-state index in [1.165, 1.54) is 18.9 Å². The summed E-state index contributed by atoms with van der Waals surface area (Å²) in [7, 11) is 1.68. The number of amidine groups is 1. The third-order valence-electron chi connectivity index (χ3n) is 5.76. The van der Waals surface area contributed by atoms with Crippen LogP contribution in [0.3, 0.4) is 0 Å². The molecular formula is C19H27F3N4. The Morgan fingerprint density at radius 1 is 1.19 bits per heavy atom. The number of hydrogen-bond donors (Lipinski definition) is 2. The molecule has 0 aliphatic carbocycles. The first-order valence-electron chi connectivity index (χ1n) is 9.20. The zero-order valence-corrected chi connectivity index (χ0v) is 15.2. The molecule has 2 heterocycles. The van der Waals surface area contributed by atoms with Crippen molar-refractivity contribution in [3.05, 3.63) is 29.3 Å². The number of rotatable bonds is 2. The van der Waals surface area contributed by atoms with Gasteiger partial charge in [0, 0.05) is 31.4 Å². The summed E-state index contributed by atoms with van der Waals surface area (Å²) in [6.45, 7) is 3.88. The minimum Gasteiger partial charge on any atom is -0.398 e. The second kappa shape index (κ2) is 7.47. The maximum Gasteiger partial charge on any atom is 0.393 e. The quantitative estimate of drug-likeness (QED) is 0.479. The lowest BCUT2D eigenvalue weighted by Gasteiger charge is -2.45. The van der Waals surface area contributed by atoms with Crippen molar-refractivity contribution in [3.8, 4) is 0 Å². The lowest BCUT2D eigenvalue weighted by atomic mass is 9.71. The summed E-state index contributed by atoms with van der Waals surface area (Å²) in [6, 6.07) is 4.54. The number of nitrogen functional groups attached to an aromatic ring is 1. The molecule has 7 heteroatoms. The lowest BCUT2D eigenvalue weighted by molar-refractivity contribution is -0.127. The van der Waals surface area contributed by atoms with Gasteiger partial charge >= 0.3 is 6.18 Å². The van der Waals surface area contributed by atoms with Crippen LogP contribution in [0.2, 0.25) is 0 Å². The molecule has 2 fully saturated rings. The first-order valence-corrected chi connectivity index (χ1v) is 9.20. The number of hydrogen-bond acceptors (Lipinski definition) is 3. The number of nitrogens with zero attached hydrogens (tertiary/aromatic N) is 2. The highest BCUT2D eigenvalue weighted by molar-refractivity contribution is 6.03. The second-order valence-electron chi connectivity index (χ2n) is 7.50. The average molecular weight is 368 g/mol. The van der Waals surface area contributed by atoms with E-state index in [0.29, 0.717) is 22.5 Å². The highest BCUT2D eigenvalue weighted by atomic mass is 19.4. The number of alkyl halides is 3. The van der Waals surface area contributed by atoms with E-state index in [-0.39, 0.29) is 5.56 Å². The average Bonchev–Trinajstić information content (AvgIpc) is 2.59. The molecule has 3 N–H and O–H groups in total. The molecule has 1 spiro atoms. The molecular weight excluding hydrogens is 341 g/mol. The summed E-state index contributed by atoms with van der Waals surface area (Å²) < 4.78 is 38.2. The fraction of sp³-hybridized carbons (Fsp3) is 0.632. The number of benzene rings is 1. The molecule has 4 nitrogen and oxygen atoms in total. The van der Waals surface area contributed by atoms with Crippen LogP contribution in [0, 0.1) is 5.41 Å². The van der Waals surface area contributed by atoms with Crippen molar-refractivity contribution < 1.29 is 13.2 Å². The fourth-order valence-corrected chi connectivity index (χ4v) is 4.22. The van der Waals surface area contributed by atoms with Gasteiger partial charge < -0.3 is 16.0 Å². The van der Waals surface area contributed by atoms with E-state index in [4.69, 9.17) is 5.73 Å². The molecule has 0 bridgehead atoms. The number of halogens is 3. The summed E-state index contributed by atoms with van der Waals surface area (Å²) in [6.07, 6.45) is -0.603. The Hall–Kier alpha value is -1.76. The summed E-state index contributed by atoms with van der Waals surface area (Å²) >= 11 is 0. The minimum absolute atomic E-state index is 0.217. The van der Waals surface area contributed by atoms with E-state index in [1.807, 2.05) is 0 Å². The summed E-state index contributed by atoms with van der Waals surface area (Å²) in [5.74, 6) is 0.704. The first kappa shape index (κ1) is 19.0. The zero-order valence-electron chi connectivity index (χ0n) is 15.2. The molecule has 0 saturated carbocycles. The summed E-state index contributed by atoms with van der Waals surface area (Å²) in [4.78, 5) is 6.56. The maximum atomic E-state index is 12.7. The Balaban J connectivity index is 1.76. The predicted molar refractivity (Wildman–Crippen MR) is 98.4 cm³/mol. The third-order valence-corrected chi connectivity index (χ3v) is 5.76. The molecule has 2 aliphatic rings. The van der Waals surface area contributed by atoms with E-state index in [9.17, 15) is 13.2 Å². The first-order chi connectivity index (χ1) is 12.3. The van der Waals surface area contributed by atoms with Crippen molar-refractivity contribution in [2.75, 3.05) is 39.0 Å². The number of piperidine rings is 2. The molecule has 3 rings (SSSR count). The molecule has 2 saturated heterocycles. The SMILES string of the molecule is CN=C(c1cc(CC(F)(F)F)ccc1N)N1CCC2(CCNCC2)CC1. The highest BCUT2D eigenvalue weighted by Crippen LogP contribution is 2.40. The van der Waals surface area contributed by atoms with Crippen LogP contribution in [0.1, 0.15) is 36.8 Å². The number of nitrogens with two attached hydrogens (primary N) is 1. The van der Waals surface area contributed by atoms with Crippen LogP contribution >= 0.6 is 0 Å². The third kappa shape index (κ3) is 4.31. The largest absolute Gasteiger partial charge is 0.398 e. The van der Waals surface area contributed by atoms with E-state index >= 15 is 0 Å². The van der Waals surface area contributed by atoms with Crippen molar-refractivity contribution in [1.29, 1.82) is 0 Å². The van der Waals surface area contributed by atoms with Crippen LogP contribution in [0.25, 0.3) is 0 Å². The van der Waals surface area contributed by atoms with Gasteiger partial charge in [0.05, 0.1) is 6.42 Å². The molecule has 1 aromatic carbocycles. The number of anilines is 1. The van der Waals surface area contributed by atoms with Gasteiger partial charge in [-0.25, -0.2) is 0 Å². The van der Waals surface area contributed by atoms with Gasteiger partial charge in [-0.15, -0.1) is 0 Å². The molecule has 26 heavy (non-hydrogen) atoms. The Morgan fingerprint density at radius 2 is 1.85 bits per heavy atom. The van der Waals surface area contributed by atoms with Gasteiger partial charge in [0.25, 0.3) is 0 Å². The van der Waals surface area contributed by atoms with Crippen LogP contribution in [0.4, 0.5) is 18.9 Å².